The number of nitrogens with one attached hydrogen (secondary N) is 2. The van der Waals surface area contributed by atoms with Crippen LogP contribution in [0.5, 0.6) is 17.2 Å². The molecule has 0 radical (unpaired) electrons. The van der Waals surface area contributed by atoms with Crippen LogP contribution in [0.2, 0.25) is 0 Å². The average molecular weight is 525 g/mol. The van der Waals surface area contributed by atoms with Crippen molar-refractivity contribution in [2.75, 3.05) is 27.9 Å². The van der Waals surface area contributed by atoms with Gasteiger partial charge in [0.25, 0.3) is 5.91 Å². The van der Waals surface area contributed by atoms with Crippen LogP contribution in [0, 0.1) is 0 Å². The van der Waals surface area contributed by atoms with E-state index in [9.17, 15) is 4.79 Å². The minimum absolute atomic E-state index is 0.224. The van der Waals surface area contributed by atoms with Gasteiger partial charge in [-0.05, 0) is 29.8 Å². The SMILES string of the molecule is COc1cc(C2=NN=C(OCC(=O)N/C=C/c3c[nH]c4ccccc34)C2c2ccccc2)cc(OC)c1OC. The third-order valence-corrected chi connectivity index (χ3v) is 6.35. The summed E-state index contributed by atoms with van der Waals surface area (Å²) in [6.07, 6.45) is 5.33. The van der Waals surface area contributed by atoms with Crippen molar-refractivity contribution in [3.63, 3.8) is 0 Å². The van der Waals surface area contributed by atoms with Crippen molar-refractivity contribution in [2.24, 2.45) is 10.2 Å². The highest BCUT2D eigenvalue weighted by Crippen LogP contribution is 2.40. The van der Waals surface area contributed by atoms with Gasteiger partial charge in [-0.3, -0.25) is 4.79 Å². The van der Waals surface area contributed by atoms with Crippen LogP contribution < -0.4 is 19.5 Å². The number of ether oxygens (including phenoxy) is 4. The average Bonchev–Trinajstić information content (AvgIpc) is 3.60. The van der Waals surface area contributed by atoms with Gasteiger partial charge in [0.2, 0.25) is 11.6 Å². The zero-order chi connectivity index (χ0) is 27.2. The first-order valence-electron chi connectivity index (χ1n) is 12.3. The summed E-state index contributed by atoms with van der Waals surface area (Å²) in [4.78, 5) is 15.8. The van der Waals surface area contributed by atoms with Crippen molar-refractivity contribution in [1.82, 2.24) is 10.3 Å². The highest BCUT2D eigenvalue weighted by atomic mass is 16.5. The Hall–Kier alpha value is -5.05. The number of nitrogens with zero attached hydrogens (tertiary/aromatic N) is 2. The first-order chi connectivity index (χ1) is 19.1. The van der Waals surface area contributed by atoms with Crippen LogP contribution in [0.4, 0.5) is 0 Å². The third-order valence-electron chi connectivity index (χ3n) is 6.35. The molecule has 9 nitrogen and oxygen atoms in total. The van der Waals surface area contributed by atoms with E-state index in [2.05, 4.69) is 20.5 Å². The van der Waals surface area contributed by atoms with Crippen molar-refractivity contribution < 1.29 is 23.7 Å². The molecule has 0 bridgehead atoms. The molecule has 1 aliphatic rings. The van der Waals surface area contributed by atoms with Gasteiger partial charge in [-0.2, -0.15) is 5.10 Å². The minimum Gasteiger partial charge on any atom is -0.493 e. The number of rotatable bonds is 9. The first kappa shape index (κ1) is 25.6. The van der Waals surface area contributed by atoms with Gasteiger partial charge in [-0.25, -0.2) is 0 Å². The van der Waals surface area contributed by atoms with Gasteiger partial charge in [0.05, 0.1) is 27.0 Å². The van der Waals surface area contributed by atoms with Gasteiger partial charge in [-0.15, -0.1) is 5.10 Å². The number of aromatic amines is 1. The van der Waals surface area contributed by atoms with E-state index in [1.165, 1.54) is 0 Å². The Morgan fingerprint density at radius 3 is 2.38 bits per heavy atom. The van der Waals surface area contributed by atoms with Crippen LogP contribution in [0.15, 0.2) is 89.3 Å². The summed E-state index contributed by atoms with van der Waals surface area (Å²) in [6.45, 7) is -0.224. The van der Waals surface area contributed by atoms with Crippen molar-refractivity contribution in [3.8, 4) is 17.2 Å². The van der Waals surface area contributed by atoms with E-state index in [0.717, 1.165) is 27.6 Å². The third kappa shape index (κ3) is 5.33. The lowest BCUT2D eigenvalue weighted by Gasteiger charge is -2.19. The number of aromatic nitrogens is 1. The lowest BCUT2D eigenvalue weighted by atomic mass is 9.90. The number of carbonyl (C=O) groups excluding carboxylic acids is 1. The lowest BCUT2D eigenvalue weighted by Crippen LogP contribution is -2.28. The van der Waals surface area contributed by atoms with Crippen molar-refractivity contribution in [2.45, 2.75) is 5.92 Å². The molecule has 1 amide bonds. The Labute approximate surface area is 225 Å². The van der Waals surface area contributed by atoms with Crippen LogP contribution in [-0.2, 0) is 9.53 Å². The molecule has 9 heteroatoms. The summed E-state index contributed by atoms with van der Waals surface area (Å²) in [5, 5.41) is 12.6. The Morgan fingerprint density at radius 1 is 0.949 bits per heavy atom. The molecule has 0 saturated carbocycles. The van der Waals surface area contributed by atoms with Gasteiger partial charge in [0, 0.05) is 34.4 Å². The predicted octanol–water partition coefficient (Wildman–Crippen LogP) is 4.90. The molecule has 0 fully saturated rings. The molecule has 1 aromatic heterocycles. The fourth-order valence-corrected chi connectivity index (χ4v) is 4.48. The topological polar surface area (TPSA) is 107 Å². The van der Waals surface area contributed by atoms with Gasteiger partial charge in [0.15, 0.2) is 18.1 Å². The van der Waals surface area contributed by atoms with E-state index in [1.807, 2.05) is 79.0 Å². The summed E-state index contributed by atoms with van der Waals surface area (Å²) >= 11 is 0. The normalized spacial score (nSPS) is 14.7. The molecular weight excluding hydrogens is 496 g/mol. The molecule has 0 saturated heterocycles. The maximum Gasteiger partial charge on any atom is 0.261 e. The molecule has 4 aromatic rings. The number of hydrogen-bond donors (Lipinski definition) is 2. The van der Waals surface area contributed by atoms with E-state index in [-0.39, 0.29) is 12.5 Å². The van der Waals surface area contributed by atoms with Crippen molar-refractivity contribution >= 4 is 34.5 Å². The van der Waals surface area contributed by atoms with Crippen LogP contribution >= 0.6 is 0 Å². The number of fused-ring (bicyclic) bond motifs is 1. The van der Waals surface area contributed by atoms with Crippen LogP contribution in [0.1, 0.15) is 22.6 Å². The Balaban J connectivity index is 1.31. The van der Waals surface area contributed by atoms with E-state index < -0.39 is 5.92 Å². The van der Waals surface area contributed by atoms with Gasteiger partial charge in [0.1, 0.15) is 5.92 Å². The molecule has 198 valence electrons. The number of methoxy groups -OCH3 is 3. The number of para-hydroxylation sites is 1. The van der Waals surface area contributed by atoms with E-state index in [4.69, 9.17) is 18.9 Å². The molecule has 2 N–H and O–H groups in total. The smallest absolute Gasteiger partial charge is 0.261 e. The van der Waals surface area contributed by atoms with Crippen molar-refractivity contribution in [1.29, 1.82) is 0 Å². The molecule has 39 heavy (non-hydrogen) atoms. The van der Waals surface area contributed by atoms with Crippen LogP contribution in [0.25, 0.3) is 17.0 Å². The van der Waals surface area contributed by atoms with Gasteiger partial charge in [-0.1, -0.05) is 48.5 Å². The first-order valence-corrected chi connectivity index (χ1v) is 12.3. The summed E-state index contributed by atoms with van der Waals surface area (Å²) in [7, 11) is 4.67. The van der Waals surface area contributed by atoms with Gasteiger partial charge < -0.3 is 29.2 Å². The van der Waals surface area contributed by atoms with Crippen LogP contribution in [-0.4, -0.2) is 50.4 Å². The molecule has 1 aliphatic heterocycles. The minimum atomic E-state index is -0.427. The van der Waals surface area contributed by atoms with Crippen LogP contribution in [0.3, 0.4) is 0 Å². The maximum absolute atomic E-state index is 12.6. The fourth-order valence-electron chi connectivity index (χ4n) is 4.48. The Kier molecular flexibility index (Phi) is 7.58. The highest BCUT2D eigenvalue weighted by molar-refractivity contribution is 6.20. The van der Waals surface area contributed by atoms with Crippen molar-refractivity contribution in [3.05, 3.63) is 95.8 Å². The quantitative estimate of drug-likeness (QED) is 0.324. The second-order valence-corrected chi connectivity index (χ2v) is 8.66. The molecular formula is C30H28N4O5. The molecule has 5 rings (SSSR count). The molecule has 1 unspecified atom stereocenters. The monoisotopic (exact) mass is 524 g/mol. The Bertz CT molecular complexity index is 1550. The molecule has 3 aromatic carbocycles. The number of H-pyrrole nitrogens is 1. The molecule has 2 heterocycles. The number of carbonyl (C=O) groups is 1. The summed E-state index contributed by atoms with van der Waals surface area (Å²) < 4.78 is 22.4. The zero-order valence-corrected chi connectivity index (χ0v) is 21.8. The summed E-state index contributed by atoms with van der Waals surface area (Å²) in [5.74, 6) is 1.05. The standard InChI is InChI=1S/C30H28N4O5/c1-36-24-15-21(16-25(37-2)29(24)38-3)28-27(19-9-5-4-6-10-19)30(34-33-28)39-18-26(35)31-14-13-20-17-32-23-12-8-7-11-22(20)23/h4-17,27,32H,18H2,1-3H3,(H,31,35)/b14-13+. The maximum atomic E-state index is 12.6. The molecule has 0 spiro atoms. The second-order valence-electron chi connectivity index (χ2n) is 8.66. The van der Waals surface area contributed by atoms with E-state index >= 15 is 0 Å². The highest BCUT2D eigenvalue weighted by Gasteiger charge is 2.33. The second kappa shape index (κ2) is 11.6. The van der Waals surface area contributed by atoms with E-state index in [1.54, 1.807) is 27.5 Å². The lowest BCUT2D eigenvalue weighted by molar-refractivity contribution is -0.122. The number of hydrogen-bond acceptors (Lipinski definition) is 7. The Morgan fingerprint density at radius 2 is 1.67 bits per heavy atom. The predicted molar refractivity (Wildman–Crippen MR) is 151 cm³/mol. The van der Waals surface area contributed by atoms with E-state index in [0.29, 0.717) is 28.9 Å². The van der Waals surface area contributed by atoms with Gasteiger partial charge >= 0.3 is 0 Å². The zero-order valence-electron chi connectivity index (χ0n) is 21.8. The largest absolute Gasteiger partial charge is 0.493 e. The summed E-state index contributed by atoms with van der Waals surface area (Å²) in [5.41, 5.74) is 4.28. The number of benzene rings is 3. The summed E-state index contributed by atoms with van der Waals surface area (Å²) in [6, 6.07) is 21.3. The number of amides is 1. The fraction of sp³-hybridized carbons (Fsp3) is 0.167. The molecule has 1 atom stereocenters. The molecule has 0 aliphatic carbocycles.